The summed E-state index contributed by atoms with van der Waals surface area (Å²) in [5.41, 5.74) is 3.58. The Kier molecular flexibility index (Phi) is 6.46. The van der Waals surface area contributed by atoms with Crippen molar-refractivity contribution in [3.8, 4) is 5.75 Å². The minimum atomic E-state index is -0.504. The standard InChI is InChI=1S/C27H22N4O4S/c1-16-11-12-20(19(13-16)25(32)18-7-3-5-9-22(18)34-2)30-26(33)31-27-28-15-17(36-27)14-24-29-21-8-4-6-10-23(21)35-24/h3-13,15H,14H2,1-2H3,(H2,28,30,31,33). The van der Waals surface area contributed by atoms with Gasteiger partial charge in [-0.3, -0.25) is 10.1 Å². The summed E-state index contributed by atoms with van der Waals surface area (Å²) in [6.07, 6.45) is 2.14. The highest BCUT2D eigenvalue weighted by Gasteiger charge is 2.19. The Morgan fingerprint density at radius 3 is 2.64 bits per heavy atom. The predicted octanol–water partition coefficient (Wildman–Crippen LogP) is 6.07. The molecule has 0 aliphatic heterocycles. The molecule has 0 spiro atoms. The maximum Gasteiger partial charge on any atom is 0.325 e. The van der Waals surface area contributed by atoms with Gasteiger partial charge in [0.05, 0.1) is 24.8 Å². The fourth-order valence-corrected chi connectivity index (χ4v) is 4.57. The molecule has 2 N–H and O–H groups in total. The highest BCUT2D eigenvalue weighted by Crippen LogP contribution is 2.27. The Morgan fingerprint density at radius 1 is 1.00 bits per heavy atom. The van der Waals surface area contributed by atoms with Gasteiger partial charge in [0.2, 0.25) is 5.89 Å². The number of aryl methyl sites for hydroxylation is 1. The Labute approximate surface area is 211 Å². The summed E-state index contributed by atoms with van der Waals surface area (Å²) in [7, 11) is 1.52. The van der Waals surface area contributed by atoms with Crippen molar-refractivity contribution in [2.24, 2.45) is 0 Å². The number of aromatic nitrogens is 2. The van der Waals surface area contributed by atoms with E-state index in [9.17, 15) is 9.59 Å². The number of nitrogens with zero attached hydrogens (tertiary/aromatic N) is 2. The number of ketones is 1. The number of benzene rings is 3. The van der Waals surface area contributed by atoms with Crippen LogP contribution in [0.15, 0.2) is 77.3 Å². The summed E-state index contributed by atoms with van der Waals surface area (Å²) >= 11 is 1.32. The molecule has 0 bridgehead atoms. The molecule has 3 aromatic carbocycles. The molecule has 180 valence electrons. The van der Waals surface area contributed by atoms with E-state index in [2.05, 4.69) is 20.6 Å². The number of amides is 2. The Bertz CT molecular complexity index is 1540. The van der Waals surface area contributed by atoms with Gasteiger partial charge in [-0.1, -0.05) is 35.9 Å². The maximum absolute atomic E-state index is 13.3. The first-order valence-electron chi connectivity index (χ1n) is 11.2. The van der Waals surface area contributed by atoms with Crippen molar-refractivity contribution >= 4 is 45.1 Å². The lowest BCUT2D eigenvalue weighted by atomic mass is 9.99. The second kappa shape index (κ2) is 10.0. The number of hydrogen-bond acceptors (Lipinski definition) is 7. The zero-order valence-corrected chi connectivity index (χ0v) is 20.4. The average molecular weight is 499 g/mol. The van der Waals surface area contributed by atoms with E-state index in [1.807, 2.05) is 37.3 Å². The van der Waals surface area contributed by atoms with Crippen molar-refractivity contribution < 1.29 is 18.7 Å². The van der Waals surface area contributed by atoms with Gasteiger partial charge >= 0.3 is 6.03 Å². The molecule has 5 aromatic rings. The van der Waals surface area contributed by atoms with Gasteiger partial charge in [-0.25, -0.2) is 14.8 Å². The van der Waals surface area contributed by atoms with Crippen LogP contribution in [0.1, 0.15) is 32.3 Å². The number of anilines is 2. The van der Waals surface area contributed by atoms with Crippen molar-refractivity contribution in [3.63, 3.8) is 0 Å². The Morgan fingerprint density at radius 2 is 1.81 bits per heavy atom. The fraction of sp³-hybridized carbons (Fsp3) is 0.111. The topological polar surface area (TPSA) is 106 Å². The minimum Gasteiger partial charge on any atom is -0.496 e. The highest BCUT2D eigenvalue weighted by molar-refractivity contribution is 7.15. The van der Waals surface area contributed by atoms with Crippen molar-refractivity contribution in [3.05, 3.63) is 100 Å². The van der Waals surface area contributed by atoms with E-state index < -0.39 is 6.03 Å². The van der Waals surface area contributed by atoms with Crippen LogP contribution in [0.5, 0.6) is 5.75 Å². The van der Waals surface area contributed by atoms with Gasteiger partial charge in [-0.15, -0.1) is 11.3 Å². The number of ether oxygens (including phenoxy) is 1. The summed E-state index contributed by atoms with van der Waals surface area (Å²) in [6.45, 7) is 1.89. The number of nitrogens with one attached hydrogen (secondary N) is 2. The molecule has 5 rings (SSSR count). The lowest BCUT2D eigenvalue weighted by Gasteiger charge is -2.13. The number of methoxy groups -OCH3 is 1. The van der Waals surface area contributed by atoms with E-state index in [4.69, 9.17) is 9.15 Å². The third-order valence-electron chi connectivity index (χ3n) is 5.46. The van der Waals surface area contributed by atoms with Gasteiger partial charge in [0, 0.05) is 16.6 Å². The van der Waals surface area contributed by atoms with E-state index in [1.54, 1.807) is 42.6 Å². The van der Waals surface area contributed by atoms with E-state index in [0.717, 1.165) is 21.5 Å². The molecule has 0 saturated carbocycles. The number of oxazole rings is 1. The summed E-state index contributed by atoms with van der Waals surface area (Å²) in [6, 6.07) is 19.3. The van der Waals surface area contributed by atoms with Crippen LogP contribution < -0.4 is 15.4 Å². The number of fused-ring (bicyclic) bond motifs is 1. The van der Waals surface area contributed by atoms with Crippen LogP contribution in [0.2, 0.25) is 0 Å². The maximum atomic E-state index is 13.3. The lowest BCUT2D eigenvalue weighted by Crippen LogP contribution is -2.21. The normalized spacial score (nSPS) is 10.8. The Balaban J connectivity index is 1.30. The fourth-order valence-electron chi connectivity index (χ4n) is 3.77. The second-order valence-corrected chi connectivity index (χ2v) is 9.16. The molecule has 36 heavy (non-hydrogen) atoms. The number of hydrogen-bond donors (Lipinski definition) is 2. The number of carbonyl (C=O) groups is 2. The monoisotopic (exact) mass is 498 g/mol. The first-order chi connectivity index (χ1) is 17.5. The van der Waals surface area contributed by atoms with Crippen molar-refractivity contribution in [2.75, 3.05) is 17.7 Å². The summed E-state index contributed by atoms with van der Waals surface area (Å²) in [4.78, 5) is 35.7. The van der Waals surface area contributed by atoms with Crippen LogP contribution in [0, 0.1) is 6.92 Å². The summed E-state index contributed by atoms with van der Waals surface area (Å²) < 4.78 is 11.1. The highest BCUT2D eigenvalue weighted by atomic mass is 32.1. The molecular formula is C27H22N4O4S. The third kappa shape index (κ3) is 4.96. The molecule has 0 aliphatic carbocycles. The number of urea groups is 1. The first-order valence-corrected chi connectivity index (χ1v) is 12.0. The van der Waals surface area contributed by atoms with Crippen molar-refractivity contribution in [1.29, 1.82) is 0 Å². The molecule has 0 radical (unpaired) electrons. The largest absolute Gasteiger partial charge is 0.496 e. The molecule has 2 amide bonds. The van der Waals surface area contributed by atoms with Crippen LogP contribution in [-0.2, 0) is 6.42 Å². The zero-order chi connectivity index (χ0) is 25.1. The quantitative estimate of drug-likeness (QED) is 0.264. The first kappa shape index (κ1) is 23.3. The molecular weight excluding hydrogens is 476 g/mol. The molecule has 0 saturated heterocycles. The van der Waals surface area contributed by atoms with Gasteiger partial charge < -0.3 is 14.5 Å². The van der Waals surface area contributed by atoms with E-state index in [0.29, 0.717) is 40.0 Å². The number of carbonyl (C=O) groups excluding carboxylic acids is 2. The number of para-hydroxylation sites is 3. The molecule has 9 heteroatoms. The van der Waals surface area contributed by atoms with E-state index in [1.165, 1.54) is 18.4 Å². The zero-order valence-electron chi connectivity index (χ0n) is 19.6. The molecule has 8 nitrogen and oxygen atoms in total. The van der Waals surface area contributed by atoms with E-state index in [-0.39, 0.29) is 5.78 Å². The second-order valence-electron chi connectivity index (χ2n) is 8.04. The number of rotatable bonds is 7. The van der Waals surface area contributed by atoms with Gasteiger partial charge in [0.1, 0.15) is 11.3 Å². The predicted molar refractivity (Wildman–Crippen MR) is 139 cm³/mol. The van der Waals surface area contributed by atoms with Gasteiger partial charge in [0.25, 0.3) is 0 Å². The van der Waals surface area contributed by atoms with Gasteiger partial charge in [0.15, 0.2) is 16.5 Å². The van der Waals surface area contributed by atoms with Crippen LogP contribution in [0.25, 0.3) is 11.1 Å². The SMILES string of the molecule is COc1ccccc1C(=O)c1cc(C)ccc1NC(=O)Nc1ncc(Cc2nc3ccccc3o2)s1. The van der Waals surface area contributed by atoms with E-state index >= 15 is 0 Å². The van der Waals surface area contributed by atoms with Gasteiger partial charge in [-0.2, -0.15) is 0 Å². The number of thiazole rings is 1. The minimum absolute atomic E-state index is 0.249. The molecule has 0 aliphatic rings. The average Bonchev–Trinajstić information content (AvgIpc) is 3.50. The molecule has 0 fully saturated rings. The summed E-state index contributed by atoms with van der Waals surface area (Å²) in [5.74, 6) is 0.796. The van der Waals surface area contributed by atoms with Crippen LogP contribution in [0.3, 0.4) is 0 Å². The van der Waals surface area contributed by atoms with Crippen LogP contribution >= 0.6 is 11.3 Å². The lowest BCUT2D eigenvalue weighted by molar-refractivity contribution is 0.103. The van der Waals surface area contributed by atoms with Crippen molar-refractivity contribution in [1.82, 2.24) is 9.97 Å². The Hall–Kier alpha value is -4.50. The molecule has 0 atom stereocenters. The molecule has 2 aromatic heterocycles. The third-order valence-corrected chi connectivity index (χ3v) is 6.37. The van der Waals surface area contributed by atoms with Crippen LogP contribution in [0.4, 0.5) is 15.6 Å². The smallest absolute Gasteiger partial charge is 0.325 e. The summed E-state index contributed by atoms with van der Waals surface area (Å²) in [5, 5.41) is 5.93. The van der Waals surface area contributed by atoms with Crippen molar-refractivity contribution in [2.45, 2.75) is 13.3 Å². The molecule has 0 unspecified atom stereocenters. The van der Waals surface area contributed by atoms with Crippen LogP contribution in [-0.4, -0.2) is 28.9 Å². The molecule has 2 heterocycles. The van der Waals surface area contributed by atoms with Gasteiger partial charge in [-0.05, 0) is 43.3 Å².